The van der Waals surface area contributed by atoms with Crippen molar-refractivity contribution in [1.82, 2.24) is 10.6 Å². The highest BCUT2D eigenvalue weighted by atomic mass is 28.3. The van der Waals surface area contributed by atoms with Crippen molar-refractivity contribution in [3.63, 3.8) is 0 Å². The number of nitrogens with one attached hydrogen (secondary N) is 2. The molecule has 0 saturated carbocycles. The Morgan fingerprint density at radius 1 is 0.735 bits per heavy atom. The molecule has 198 valence electrons. The number of hydrogen-bond donors (Lipinski definition) is 6. The minimum Gasteiger partial charge on any atom is -0.480 e. The van der Waals surface area contributed by atoms with Gasteiger partial charge in [0, 0.05) is 26.1 Å². The molecular formula is C23H44N2O8Si. The van der Waals surface area contributed by atoms with Gasteiger partial charge in [0.1, 0.15) is 13.1 Å². The van der Waals surface area contributed by atoms with E-state index in [1.807, 2.05) is 0 Å². The monoisotopic (exact) mass is 504 g/mol. The Bertz CT molecular complexity index is 586. The lowest BCUT2D eigenvalue weighted by molar-refractivity contribution is -0.138. The Morgan fingerprint density at radius 2 is 1.15 bits per heavy atom. The largest absolute Gasteiger partial charge is 0.480 e. The maximum atomic E-state index is 11.9. The van der Waals surface area contributed by atoms with E-state index in [9.17, 15) is 29.4 Å². The van der Waals surface area contributed by atoms with E-state index >= 15 is 0 Å². The SMILES string of the molecule is CCCC[Si](C)(C(CCO)CCCC(=O)NCC(=O)O)C(CCO)CCCC(=O)NCC(=O)O. The molecule has 10 nitrogen and oxygen atoms in total. The van der Waals surface area contributed by atoms with Gasteiger partial charge in [-0.3, -0.25) is 19.2 Å². The summed E-state index contributed by atoms with van der Waals surface area (Å²) >= 11 is 0. The summed E-state index contributed by atoms with van der Waals surface area (Å²) in [5.74, 6) is -2.79. The molecule has 0 fully saturated rings. The lowest BCUT2D eigenvalue weighted by atomic mass is 10.1. The molecule has 0 heterocycles. The molecule has 0 aromatic carbocycles. The molecule has 11 heteroatoms. The van der Waals surface area contributed by atoms with Crippen molar-refractivity contribution in [2.24, 2.45) is 0 Å². The van der Waals surface area contributed by atoms with Crippen molar-refractivity contribution in [1.29, 1.82) is 0 Å². The number of rotatable bonds is 21. The molecular weight excluding hydrogens is 460 g/mol. The second kappa shape index (κ2) is 18.4. The van der Waals surface area contributed by atoms with E-state index in [4.69, 9.17) is 10.2 Å². The van der Waals surface area contributed by atoms with E-state index in [2.05, 4.69) is 24.1 Å². The zero-order valence-corrected chi connectivity index (χ0v) is 21.7. The van der Waals surface area contributed by atoms with Crippen molar-refractivity contribution in [2.75, 3.05) is 26.3 Å². The molecule has 0 aliphatic rings. The van der Waals surface area contributed by atoms with Crippen LogP contribution in [-0.2, 0) is 19.2 Å². The molecule has 0 saturated heterocycles. The van der Waals surface area contributed by atoms with Gasteiger partial charge in [-0.2, -0.15) is 0 Å². The topological polar surface area (TPSA) is 173 Å². The summed E-state index contributed by atoms with van der Waals surface area (Å²) in [6.45, 7) is 3.69. The fourth-order valence-corrected chi connectivity index (χ4v) is 10.7. The molecule has 0 spiro atoms. The molecule has 6 N–H and O–H groups in total. The zero-order valence-electron chi connectivity index (χ0n) is 20.7. The van der Waals surface area contributed by atoms with Gasteiger partial charge in [-0.1, -0.05) is 45.2 Å². The van der Waals surface area contributed by atoms with Crippen molar-refractivity contribution in [2.45, 2.75) is 94.8 Å². The van der Waals surface area contributed by atoms with Crippen LogP contribution in [0.25, 0.3) is 0 Å². The van der Waals surface area contributed by atoms with Crippen LogP contribution in [0.5, 0.6) is 0 Å². The van der Waals surface area contributed by atoms with E-state index in [-0.39, 0.29) is 49.0 Å². The first-order valence-electron chi connectivity index (χ1n) is 12.3. The van der Waals surface area contributed by atoms with E-state index in [0.29, 0.717) is 25.7 Å². The molecule has 0 rings (SSSR count). The summed E-state index contributed by atoms with van der Waals surface area (Å²) in [5, 5.41) is 41.7. The predicted molar refractivity (Wildman–Crippen MR) is 131 cm³/mol. The first-order chi connectivity index (χ1) is 16.1. The van der Waals surface area contributed by atoms with Crippen LogP contribution < -0.4 is 10.6 Å². The summed E-state index contributed by atoms with van der Waals surface area (Å²) in [7, 11) is -2.06. The molecule has 2 atom stereocenters. The summed E-state index contributed by atoms with van der Waals surface area (Å²) in [6.07, 6.45) is 6.41. The van der Waals surface area contributed by atoms with Crippen LogP contribution in [0, 0.1) is 0 Å². The Kier molecular flexibility index (Phi) is 17.3. The number of amides is 2. The van der Waals surface area contributed by atoms with Gasteiger partial charge in [0.15, 0.2) is 0 Å². The second-order valence-corrected chi connectivity index (χ2v) is 14.3. The highest BCUT2D eigenvalue weighted by Gasteiger charge is 2.41. The molecule has 0 radical (unpaired) electrons. The van der Waals surface area contributed by atoms with Crippen molar-refractivity contribution >= 4 is 31.8 Å². The maximum Gasteiger partial charge on any atom is 0.322 e. The van der Waals surface area contributed by atoms with Crippen LogP contribution >= 0.6 is 0 Å². The minimum atomic E-state index is -2.06. The fraction of sp³-hybridized carbons (Fsp3) is 0.826. The molecule has 0 bridgehead atoms. The second-order valence-electron chi connectivity index (χ2n) is 9.15. The van der Waals surface area contributed by atoms with Crippen molar-refractivity contribution in [3.8, 4) is 0 Å². The number of aliphatic hydroxyl groups excluding tert-OH is 2. The van der Waals surface area contributed by atoms with Crippen molar-refractivity contribution in [3.05, 3.63) is 0 Å². The predicted octanol–water partition coefficient (Wildman–Crippen LogP) is 2.11. The van der Waals surface area contributed by atoms with E-state index < -0.39 is 33.1 Å². The summed E-state index contributed by atoms with van der Waals surface area (Å²) < 4.78 is 0. The van der Waals surface area contributed by atoms with E-state index in [1.54, 1.807) is 0 Å². The normalized spacial score (nSPS) is 14.6. The minimum absolute atomic E-state index is 0.0357. The summed E-state index contributed by atoms with van der Waals surface area (Å²) in [5.41, 5.74) is 0.461. The van der Waals surface area contributed by atoms with Gasteiger partial charge in [0.2, 0.25) is 11.8 Å². The number of aliphatic carboxylic acids is 2. The molecule has 0 aliphatic carbocycles. The molecule has 0 aromatic heterocycles. The smallest absolute Gasteiger partial charge is 0.322 e. The van der Waals surface area contributed by atoms with Crippen LogP contribution in [0.2, 0.25) is 23.7 Å². The number of carbonyl (C=O) groups is 4. The Balaban J connectivity index is 5.27. The van der Waals surface area contributed by atoms with Crippen LogP contribution in [0.3, 0.4) is 0 Å². The van der Waals surface area contributed by atoms with Gasteiger partial charge in [-0.25, -0.2) is 0 Å². The highest BCUT2D eigenvalue weighted by molar-refractivity contribution is 6.81. The summed E-state index contributed by atoms with van der Waals surface area (Å²) in [6, 6.07) is 1.02. The first-order valence-corrected chi connectivity index (χ1v) is 15.2. The molecule has 0 aromatic rings. The molecule has 0 aliphatic heterocycles. The van der Waals surface area contributed by atoms with Gasteiger partial charge < -0.3 is 31.1 Å². The third-order valence-corrected chi connectivity index (χ3v) is 13.0. The first kappa shape index (κ1) is 32.0. The van der Waals surface area contributed by atoms with E-state index in [1.165, 1.54) is 0 Å². The third-order valence-electron chi connectivity index (χ3n) is 6.68. The van der Waals surface area contributed by atoms with Gasteiger partial charge in [-0.05, 0) is 36.8 Å². The van der Waals surface area contributed by atoms with Gasteiger partial charge in [0.05, 0.1) is 8.07 Å². The Labute approximate surface area is 203 Å². The van der Waals surface area contributed by atoms with Crippen LogP contribution in [-0.4, -0.2) is 78.6 Å². The number of aliphatic hydroxyl groups is 2. The Morgan fingerprint density at radius 3 is 1.47 bits per heavy atom. The number of hydrogen-bond acceptors (Lipinski definition) is 6. The third kappa shape index (κ3) is 13.7. The number of unbranched alkanes of at least 4 members (excludes halogenated alkanes) is 1. The average Bonchev–Trinajstić information content (AvgIpc) is 2.78. The quantitative estimate of drug-likeness (QED) is 0.129. The van der Waals surface area contributed by atoms with Gasteiger partial charge >= 0.3 is 11.9 Å². The zero-order chi connectivity index (χ0) is 26.0. The maximum absolute atomic E-state index is 11.9. The summed E-state index contributed by atoms with van der Waals surface area (Å²) in [4.78, 5) is 45.1. The van der Waals surface area contributed by atoms with E-state index in [0.717, 1.165) is 31.7 Å². The lowest BCUT2D eigenvalue weighted by Gasteiger charge is -2.43. The molecule has 2 unspecified atom stereocenters. The average molecular weight is 505 g/mol. The number of carboxylic acids is 2. The molecule has 34 heavy (non-hydrogen) atoms. The highest BCUT2D eigenvalue weighted by Crippen LogP contribution is 2.46. The number of carbonyl (C=O) groups excluding carboxylic acids is 2. The van der Waals surface area contributed by atoms with Crippen LogP contribution in [0.15, 0.2) is 0 Å². The van der Waals surface area contributed by atoms with Crippen LogP contribution in [0.1, 0.15) is 71.1 Å². The fourth-order valence-electron chi connectivity index (χ4n) is 4.76. The standard InChI is InChI=1S/C23H44N2O8Si/c1-3-4-15-34(2,18(11-13-26)7-5-9-20(28)24-16-22(30)31)19(12-14-27)8-6-10-21(29)25-17-23(32)33/h18-19,26-27H,3-17H2,1-2H3,(H,24,28)(H,25,29)(H,30,31)(H,32,33). The van der Waals surface area contributed by atoms with Gasteiger partial charge in [-0.15, -0.1) is 0 Å². The van der Waals surface area contributed by atoms with Crippen LogP contribution in [0.4, 0.5) is 0 Å². The number of carboxylic acid groups (broad SMARTS) is 2. The lowest BCUT2D eigenvalue weighted by Crippen LogP contribution is -2.43. The molecule has 2 amide bonds. The Hall–Kier alpha value is -1.98. The van der Waals surface area contributed by atoms with Gasteiger partial charge in [0.25, 0.3) is 0 Å². The van der Waals surface area contributed by atoms with Crippen molar-refractivity contribution < 1.29 is 39.6 Å².